The van der Waals surface area contributed by atoms with Crippen LogP contribution in [0.2, 0.25) is 0 Å². The molecule has 0 saturated heterocycles. The standard InChI is InChI=1S/C12H21N3O2/c1-6-8(2)7-14(4)11-10(12(16)17)9(3)13-15(11)5/h8H,6-7H2,1-5H3,(H,16,17). The van der Waals surface area contributed by atoms with E-state index < -0.39 is 5.97 Å². The SMILES string of the molecule is CCC(C)CN(C)c1c(C(=O)O)c(C)nn1C. The third kappa shape index (κ3) is 2.78. The second kappa shape index (κ2) is 5.21. The highest BCUT2D eigenvalue weighted by molar-refractivity contribution is 5.94. The van der Waals surface area contributed by atoms with Gasteiger partial charge in [-0.2, -0.15) is 5.10 Å². The zero-order chi connectivity index (χ0) is 13.2. The zero-order valence-electron chi connectivity index (χ0n) is 11.2. The van der Waals surface area contributed by atoms with E-state index >= 15 is 0 Å². The number of nitrogens with zero attached hydrogens (tertiary/aromatic N) is 3. The number of carboxylic acids is 1. The molecule has 1 aromatic heterocycles. The summed E-state index contributed by atoms with van der Waals surface area (Å²) in [5, 5.41) is 13.4. The zero-order valence-corrected chi connectivity index (χ0v) is 11.2. The molecular formula is C12H21N3O2. The molecule has 1 aromatic rings. The van der Waals surface area contributed by atoms with Gasteiger partial charge in [0.05, 0.1) is 5.69 Å². The highest BCUT2D eigenvalue weighted by Crippen LogP contribution is 2.23. The van der Waals surface area contributed by atoms with Gasteiger partial charge in [-0.15, -0.1) is 0 Å². The largest absolute Gasteiger partial charge is 0.477 e. The average Bonchev–Trinajstić information content (AvgIpc) is 2.53. The number of aromatic nitrogens is 2. The summed E-state index contributed by atoms with van der Waals surface area (Å²) in [7, 11) is 3.69. The first-order valence-corrected chi connectivity index (χ1v) is 5.86. The van der Waals surface area contributed by atoms with Gasteiger partial charge in [0.15, 0.2) is 0 Å². The molecule has 5 heteroatoms. The van der Waals surface area contributed by atoms with Crippen molar-refractivity contribution in [1.29, 1.82) is 0 Å². The van der Waals surface area contributed by atoms with E-state index in [-0.39, 0.29) is 0 Å². The molecule has 0 saturated carbocycles. The van der Waals surface area contributed by atoms with Crippen LogP contribution in [0, 0.1) is 12.8 Å². The molecule has 0 radical (unpaired) electrons. The Hall–Kier alpha value is -1.52. The highest BCUT2D eigenvalue weighted by atomic mass is 16.4. The Kier molecular flexibility index (Phi) is 4.15. The fourth-order valence-corrected chi connectivity index (χ4v) is 2.02. The van der Waals surface area contributed by atoms with Crippen molar-refractivity contribution >= 4 is 11.8 Å². The van der Waals surface area contributed by atoms with Crippen molar-refractivity contribution < 1.29 is 9.90 Å². The third-order valence-corrected chi connectivity index (χ3v) is 3.05. The predicted molar refractivity (Wildman–Crippen MR) is 67.6 cm³/mol. The molecule has 1 atom stereocenters. The lowest BCUT2D eigenvalue weighted by atomic mass is 10.1. The van der Waals surface area contributed by atoms with E-state index in [9.17, 15) is 9.90 Å². The lowest BCUT2D eigenvalue weighted by Gasteiger charge is -2.23. The Morgan fingerprint density at radius 1 is 1.59 bits per heavy atom. The maximum Gasteiger partial charge on any atom is 0.341 e. The Bertz CT molecular complexity index is 412. The highest BCUT2D eigenvalue weighted by Gasteiger charge is 2.22. The van der Waals surface area contributed by atoms with E-state index in [2.05, 4.69) is 18.9 Å². The van der Waals surface area contributed by atoms with Gasteiger partial charge in [-0.3, -0.25) is 4.68 Å². The van der Waals surface area contributed by atoms with Crippen LogP contribution in [0.1, 0.15) is 36.3 Å². The summed E-state index contributed by atoms with van der Waals surface area (Å²) < 4.78 is 1.64. The number of hydrogen-bond acceptors (Lipinski definition) is 3. The smallest absolute Gasteiger partial charge is 0.341 e. The summed E-state index contributed by atoms with van der Waals surface area (Å²) in [6, 6.07) is 0. The first kappa shape index (κ1) is 13.5. The minimum atomic E-state index is -0.915. The van der Waals surface area contributed by atoms with Gasteiger partial charge < -0.3 is 10.0 Å². The fraction of sp³-hybridized carbons (Fsp3) is 0.667. The molecular weight excluding hydrogens is 218 g/mol. The van der Waals surface area contributed by atoms with Crippen molar-refractivity contribution in [2.75, 3.05) is 18.5 Å². The quantitative estimate of drug-likeness (QED) is 0.852. The van der Waals surface area contributed by atoms with Crippen molar-refractivity contribution in [2.24, 2.45) is 13.0 Å². The summed E-state index contributed by atoms with van der Waals surface area (Å²) in [5.74, 6) is 0.286. The number of hydrogen-bond donors (Lipinski definition) is 1. The van der Waals surface area contributed by atoms with Gasteiger partial charge in [0.1, 0.15) is 11.4 Å². The first-order valence-electron chi connectivity index (χ1n) is 5.86. The van der Waals surface area contributed by atoms with E-state index in [1.165, 1.54) is 0 Å². The Morgan fingerprint density at radius 2 is 2.18 bits per heavy atom. The summed E-state index contributed by atoms with van der Waals surface area (Å²) in [5.41, 5.74) is 0.865. The van der Waals surface area contributed by atoms with Gasteiger partial charge in [0.25, 0.3) is 0 Å². The number of anilines is 1. The molecule has 96 valence electrons. The first-order chi connectivity index (χ1) is 7.88. The Balaban J connectivity index is 3.08. The third-order valence-electron chi connectivity index (χ3n) is 3.05. The van der Waals surface area contributed by atoms with E-state index in [4.69, 9.17) is 0 Å². The Labute approximate surface area is 102 Å². The molecule has 0 bridgehead atoms. The maximum atomic E-state index is 11.2. The van der Waals surface area contributed by atoms with Gasteiger partial charge in [-0.25, -0.2) is 4.79 Å². The van der Waals surface area contributed by atoms with Gasteiger partial charge >= 0.3 is 5.97 Å². The van der Waals surface area contributed by atoms with Crippen LogP contribution in [0.4, 0.5) is 5.82 Å². The minimum absolute atomic E-state index is 0.304. The van der Waals surface area contributed by atoms with Crippen LogP contribution in [0.25, 0.3) is 0 Å². The van der Waals surface area contributed by atoms with Crippen LogP contribution in [-0.4, -0.2) is 34.4 Å². The predicted octanol–water partition coefficient (Wildman–Crippen LogP) is 1.91. The summed E-state index contributed by atoms with van der Waals surface area (Å²) in [6.45, 7) is 6.84. The van der Waals surface area contributed by atoms with Crippen LogP contribution in [-0.2, 0) is 7.05 Å². The number of carboxylic acid groups (broad SMARTS) is 1. The van der Waals surface area contributed by atoms with E-state index in [0.717, 1.165) is 13.0 Å². The molecule has 1 N–H and O–H groups in total. The Morgan fingerprint density at radius 3 is 2.65 bits per heavy atom. The molecule has 0 aliphatic heterocycles. The number of aryl methyl sites for hydroxylation is 2. The average molecular weight is 239 g/mol. The molecule has 0 fully saturated rings. The molecule has 1 rings (SSSR count). The van der Waals surface area contributed by atoms with Crippen molar-refractivity contribution in [3.05, 3.63) is 11.3 Å². The molecule has 5 nitrogen and oxygen atoms in total. The fourth-order valence-electron chi connectivity index (χ4n) is 2.02. The molecule has 0 amide bonds. The van der Waals surface area contributed by atoms with Crippen molar-refractivity contribution in [2.45, 2.75) is 27.2 Å². The summed E-state index contributed by atoms with van der Waals surface area (Å²) >= 11 is 0. The topological polar surface area (TPSA) is 58.4 Å². The minimum Gasteiger partial charge on any atom is -0.477 e. The lowest BCUT2D eigenvalue weighted by Crippen LogP contribution is -2.27. The lowest BCUT2D eigenvalue weighted by molar-refractivity contribution is 0.0696. The van der Waals surface area contributed by atoms with Gasteiger partial charge in [-0.05, 0) is 12.8 Å². The van der Waals surface area contributed by atoms with E-state index in [1.54, 1.807) is 18.7 Å². The second-order valence-corrected chi connectivity index (χ2v) is 4.61. The molecule has 0 aliphatic rings. The van der Waals surface area contributed by atoms with Crippen LogP contribution < -0.4 is 4.90 Å². The number of aromatic carboxylic acids is 1. The molecule has 0 aliphatic carbocycles. The van der Waals surface area contributed by atoms with Crippen molar-refractivity contribution in [3.8, 4) is 0 Å². The van der Waals surface area contributed by atoms with E-state index in [0.29, 0.717) is 23.0 Å². The maximum absolute atomic E-state index is 11.2. The van der Waals surface area contributed by atoms with Gasteiger partial charge in [0, 0.05) is 20.6 Å². The van der Waals surface area contributed by atoms with Crippen molar-refractivity contribution in [1.82, 2.24) is 9.78 Å². The van der Waals surface area contributed by atoms with Crippen LogP contribution in [0.5, 0.6) is 0 Å². The monoisotopic (exact) mass is 239 g/mol. The molecule has 0 spiro atoms. The van der Waals surface area contributed by atoms with Crippen LogP contribution in [0.3, 0.4) is 0 Å². The van der Waals surface area contributed by atoms with Gasteiger partial charge in [-0.1, -0.05) is 20.3 Å². The number of carbonyl (C=O) groups is 1. The normalized spacial score (nSPS) is 12.5. The molecule has 0 aromatic carbocycles. The van der Waals surface area contributed by atoms with Crippen LogP contribution >= 0.6 is 0 Å². The van der Waals surface area contributed by atoms with E-state index in [1.807, 2.05) is 11.9 Å². The molecule has 1 unspecified atom stereocenters. The van der Waals surface area contributed by atoms with Gasteiger partial charge in [0.2, 0.25) is 0 Å². The summed E-state index contributed by atoms with van der Waals surface area (Å²) in [6.07, 6.45) is 1.07. The second-order valence-electron chi connectivity index (χ2n) is 4.61. The van der Waals surface area contributed by atoms with Crippen molar-refractivity contribution in [3.63, 3.8) is 0 Å². The number of rotatable bonds is 5. The summed E-state index contributed by atoms with van der Waals surface area (Å²) in [4.78, 5) is 13.2. The molecule has 17 heavy (non-hydrogen) atoms. The molecule has 1 heterocycles. The van der Waals surface area contributed by atoms with Crippen LogP contribution in [0.15, 0.2) is 0 Å².